The molecule has 0 aliphatic heterocycles. The molecule has 0 fully saturated rings. The van der Waals surface area contributed by atoms with E-state index >= 15 is 0 Å². The molecule has 0 heterocycles. The van der Waals surface area contributed by atoms with Crippen LogP contribution in [0, 0.1) is 0 Å². The van der Waals surface area contributed by atoms with Crippen LogP contribution in [0.5, 0.6) is 0 Å². The number of urea groups is 4. The maximum absolute atomic E-state index is 12.7. The van der Waals surface area contributed by atoms with E-state index in [0.29, 0.717) is 24.2 Å². The van der Waals surface area contributed by atoms with Gasteiger partial charge in [0.25, 0.3) is 20.0 Å². The van der Waals surface area contributed by atoms with Gasteiger partial charge in [-0.25, -0.2) is 45.5 Å². The summed E-state index contributed by atoms with van der Waals surface area (Å²) >= 11 is 0. The van der Waals surface area contributed by atoms with Crippen molar-refractivity contribution in [2.24, 2.45) is 0 Å². The van der Waals surface area contributed by atoms with E-state index < -0.39 is 44.2 Å². The fourth-order valence-electron chi connectivity index (χ4n) is 4.20. The van der Waals surface area contributed by atoms with Gasteiger partial charge in [-0.3, -0.25) is 0 Å². The zero-order valence-electron chi connectivity index (χ0n) is 26.3. The van der Waals surface area contributed by atoms with Crippen molar-refractivity contribution < 1.29 is 36.0 Å². The molecule has 0 spiro atoms. The lowest BCUT2D eigenvalue weighted by molar-refractivity contribution is 0.243. The molecular weight excluding hydrogens is 689 g/mol. The minimum Gasteiger partial charge on any atom is -0.337 e. The number of unbranched alkanes of at least 4 members (excludes halogenated alkanes) is 1. The van der Waals surface area contributed by atoms with Crippen molar-refractivity contribution in [3.05, 3.63) is 109 Å². The van der Waals surface area contributed by atoms with E-state index in [0.717, 1.165) is 0 Å². The highest BCUT2D eigenvalue weighted by Gasteiger charge is 2.20. The number of benzene rings is 4. The van der Waals surface area contributed by atoms with Crippen molar-refractivity contribution >= 4 is 66.9 Å². The fourth-order valence-corrected chi connectivity index (χ4v) is 6.15. The largest absolute Gasteiger partial charge is 0.337 e. The average molecular weight is 723 g/mol. The Morgan fingerprint density at radius 3 is 1.14 bits per heavy atom. The van der Waals surface area contributed by atoms with Gasteiger partial charge in [-0.15, -0.1) is 0 Å². The van der Waals surface area contributed by atoms with Crippen molar-refractivity contribution in [1.29, 1.82) is 0 Å². The topological polar surface area (TPSA) is 233 Å². The number of carbonyl (C=O) groups excluding carboxylic acids is 4. The van der Waals surface area contributed by atoms with Gasteiger partial charge < -0.3 is 31.9 Å². The van der Waals surface area contributed by atoms with Crippen LogP contribution in [0.15, 0.2) is 119 Å². The summed E-state index contributed by atoms with van der Waals surface area (Å²) in [5.74, 6) is 0. The van der Waals surface area contributed by atoms with E-state index in [9.17, 15) is 36.0 Å². The molecule has 0 aromatic heterocycles. The van der Waals surface area contributed by atoms with Crippen LogP contribution in [0.25, 0.3) is 0 Å². The molecule has 4 aromatic carbocycles. The first-order chi connectivity index (χ1) is 23.9. The molecule has 262 valence electrons. The number of hydrogen-bond acceptors (Lipinski definition) is 8. The van der Waals surface area contributed by atoms with Crippen LogP contribution >= 0.6 is 0 Å². The van der Waals surface area contributed by atoms with Gasteiger partial charge in [-0.05, 0) is 73.5 Å². The van der Waals surface area contributed by atoms with Crippen molar-refractivity contribution in [3.8, 4) is 0 Å². The van der Waals surface area contributed by atoms with Gasteiger partial charge in [0.15, 0.2) is 0 Å². The Bertz CT molecular complexity index is 1880. The highest BCUT2D eigenvalue weighted by molar-refractivity contribution is 7.90. The molecule has 18 heteroatoms. The van der Waals surface area contributed by atoms with Crippen LogP contribution < -0.4 is 41.3 Å². The summed E-state index contributed by atoms with van der Waals surface area (Å²) in [5, 5.41) is 15.1. The molecule has 0 saturated heterocycles. The monoisotopic (exact) mass is 722 g/mol. The van der Waals surface area contributed by atoms with E-state index in [1.165, 1.54) is 48.5 Å². The predicted molar refractivity (Wildman–Crippen MR) is 188 cm³/mol. The Kier molecular flexibility index (Phi) is 12.7. The molecule has 0 bridgehead atoms. The summed E-state index contributed by atoms with van der Waals surface area (Å²) < 4.78 is 54.6. The first-order valence-electron chi connectivity index (χ1n) is 15.0. The van der Waals surface area contributed by atoms with E-state index in [1.807, 2.05) is 9.44 Å². The Morgan fingerprint density at radius 2 is 0.760 bits per heavy atom. The molecule has 4 rings (SSSR count). The number of nitrogens with one attached hydrogen (secondary N) is 8. The number of anilines is 4. The number of rotatable bonds is 13. The van der Waals surface area contributed by atoms with E-state index in [1.54, 1.807) is 60.7 Å². The third-order valence-corrected chi connectivity index (χ3v) is 9.15. The van der Waals surface area contributed by atoms with E-state index in [2.05, 4.69) is 31.9 Å². The lowest BCUT2D eigenvalue weighted by Gasteiger charge is -2.12. The second-order valence-electron chi connectivity index (χ2n) is 10.4. The van der Waals surface area contributed by atoms with Gasteiger partial charge in [0.1, 0.15) is 0 Å². The van der Waals surface area contributed by atoms with Crippen LogP contribution in [0.2, 0.25) is 0 Å². The summed E-state index contributed by atoms with van der Waals surface area (Å²) in [6.45, 7) is 0.0870. The fraction of sp³-hybridized carbons (Fsp3) is 0.125. The molecule has 0 saturated carbocycles. The normalized spacial score (nSPS) is 11.0. The van der Waals surface area contributed by atoms with E-state index in [4.69, 9.17) is 0 Å². The van der Waals surface area contributed by atoms with Crippen LogP contribution in [0.3, 0.4) is 0 Å². The molecule has 0 atom stereocenters. The van der Waals surface area contributed by atoms with Gasteiger partial charge in [-0.2, -0.15) is 0 Å². The zero-order chi connectivity index (χ0) is 36.0. The zero-order valence-corrected chi connectivity index (χ0v) is 27.9. The van der Waals surface area contributed by atoms with E-state index in [-0.39, 0.29) is 34.3 Å². The predicted octanol–water partition coefficient (Wildman–Crippen LogP) is 4.43. The Hall–Kier alpha value is -6.14. The van der Waals surface area contributed by atoms with Gasteiger partial charge in [0.2, 0.25) is 0 Å². The highest BCUT2D eigenvalue weighted by Crippen LogP contribution is 2.17. The molecular formula is C32H34N8O8S2. The van der Waals surface area contributed by atoms with Gasteiger partial charge in [-0.1, -0.05) is 48.5 Å². The van der Waals surface area contributed by atoms with Gasteiger partial charge >= 0.3 is 24.1 Å². The molecule has 0 unspecified atom stereocenters. The molecule has 16 nitrogen and oxygen atoms in total. The van der Waals surface area contributed by atoms with Crippen LogP contribution in [0.1, 0.15) is 12.8 Å². The maximum Gasteiger partial charge on any atom is 0.328 e. The summed E-state index contributed by atoms with van der Waals surface area (Å²) in [5.41, 5.74) is 1.44. The minimum atomic E-state index is -4.28. The summed E-state index contributed by atoms with van der Waals surface area (Å²) in [4.78, 5) is 48.4. The average Bonchev–Trinajstić information content (AvgIpc) is 3.07. The number of sulfonamides is 2. The third-order valence-electron chi connectivity index (χ3n) is 6.50. The summed E-state index contributed by atoms with van der Waals surface area (Å²) in [6.07, 6.45) is 0.629. The molecule has 50 heavy (non-hydrogen) atoms. The second-order valence-corrected chi connectivity index (χ2v) is 13.7. The number of carbonyl (C=O) groups is 4. The van der Waals surface area contributed by atoms with Crippen LogP contribution in [-0.4, -0.2) is 54.0 Å². The SMILES string of the molecule is O=C(Nc1ccccc1)Nc1cccc(S(=O)(=O)NC(=O)NCCCCNC(=O)NS(=O)(=O)c2cccc(NC(=O)Nc3ccccc3)c2)c1. The number of hydrogen-bond donors (Lipinski definition) is 8. The molecule has 8 amide bonds. The highest BCUT2D eigenvalue weighted by atomic mass is 32.2. The lowest BCUT2D eigenvalue weighted by Crippen LogP contribution is -2.41. The molecule has 4 aromatic rings. The standard InChI is InChI=1S/C32H34N8O8S2/c41-29(39-49(45,46)27-17-9-15-25(21-27)37-31(43)35-23-11-3-1-4-12-23)33-19-7-8-20-34-30(42)40-50(47,48)28-18-10-16-26(22-28)38-32(44)36-24-13-5-2-6-14-24/h1-6,9-18,21-22H,7-8,19-20H2,(H2,33,39,41)(H2,34,40,42)(H2,35,37,43)(H2,36,38,44). The lowest BCUT2D eigenvalue weighted by atomic mass is 10.3. The summed E-state index contributed by atoms with van der Waals surface area (Å²) in [6, 6.07) is 24.8. The first-order valence-corrected chi connectivity index (χ1v) is 17.9. The van der Waals surface area contributed by atoms with Gasteiger partial charge in [0, 0.05) is 35.8 Å². The smallest absolute Gasteiger partial charge is 0.328 e. The maximum atomic E-state index is 12.7. The number of para-hydroxylation sites is 2. The van der Waals surface area contributed by atoms with Crippen molar-refractivity contribution in [2.75, 3.05) is 34.4 Å². The quantitative estimate of drug-likeness (QED) is 0.0918. The third kappa shape index (κ3) is 11.8. The van der Waals surface area contributed by atoms with Gasteiger partial charge in [0.05, 0.1) is 9.79 Å². The van der Waals surface area contributed by atoms with Crippen molar-refractivity contribution in [1.82, 2.24) is 20.1 Å². The molecule has 0 radical (unpaired) electrons. The van der Waals surface area contributed by atoms with Crippen LogP contribution in [-0.2, 0) is 20.0 Å². The molecule has 0 aliphatic rings. The summed E-state index contributed by atoms with van der Waals surface area (Å²) in [7, 11) is -8.55. The first kappa shape index (κ1) is 36.7. The Balaban J connectivity index is 1.15. The minimum absolute atomic E-state index is 0.0435. The Morgan fingerprint density at radius 1 is 0.420 bits per heavy atom. The van der Waals surface area contributed by atoms with Crippen molar-refractivity contribution in [2.45, 2.75) is 22.6 Å². The second kappa shape index (κ2) is 17.3. The van der Waals surface area contributed by atoms with Crippen LogP contribution in [0.4, 0.5) is 41.9 Å². The van der Waals surface area contributed by atoms with Crippen molar-refractivity contribution in [3.63, 3.8) is 0 Å². The number of amides is 8. The Labute approximate surface area is 288 Å². The molecule has 0 aliphatic carbocycles. The molecule has 8 N–H and O–H groups in total.